The van der Waals surface area contributed by atoms with Crippen molar-refractivity contribution in [2.75, 3.05) is 32.7 Å². The number of carbonyl (C=O) groups excluding carboxylic acids is 1. The van der Waals surface area contributed by atoms with Gasteiger partial charge in [0.05, 0.1) is 18.3 Å². The molecule has 8 heteroatoms. The van der Waals surface area contributed by atoms with Gasteiger partial charge < -0.3 is 14.7 Å². The number of carbonyl (C=O) groups is 1. The van der Waals surface area contributed by atoms with Gasteiger partial charge in [0.25, 0.3) is 0 Å². The van der Waals surface area contributed by atoms with E-state index in [4.69, 9.17) is 4.52 Å². The summed E-state index contributed by atoms with van der Waals surface area (Å²) in [6, 6.07) is 2.02. The second-order valence-electron chi connectivity index (χ2n) is 6.04. The van der Waals surface area contributed by atoms with Crippen LogP contribution in [0.4, 0.5) is 0 Å². The third kappa shape index (κ3) is 5.35. The molecule has 0 unspecified atom stereocenters. The van der Waals surface area contributed by atoms with E-state index in [-0.39, 0.29) is 36.8 Å². The molecule has 1 aromatic rings. The van der Waals surface area contributed by atoms with Gasteiger partial charge in [-0.05, 0) is 26.3 Å². The molecule has 2 aliphatic heterocycles. The predicted molar refractivity (Wildman–Crippen MR) is 93.2 cm³/mol. The summed E-state index contributed by atoms with van der Waals surface area (Å²) in [7, 11) is 0. The Hall–Kier alpha value is -0.820. The Morgan fingerprint density at radius 2 is 2.04 bits per heavy atom. The lowest BCUT2D eigenvalue weighted by molar-refractivity contribution is -0.135. The first kappa shape index (κ1) is 20.2. The van der Waals surface area contributed by atoms with Crippen LogP contribution in [0.1, 0.15) is 30.7 Å². The summed E-state index contributed by atoms with van der Waals surface area (Å²) in [5.74, 6) is 1.19. The summed E-state index contributed by atoms with van der Waals surface area (Å²) in [5.41, 5.74) is 0.919. The maximum Gasteiger partial charge on any atom is 0.239 e. The standard InChI is InChI=1S/C15H24N4O2.2ClH/c1-12-10-13(21-17-12)11-18-6-8-19(9-7-18)15(20)14-4-2-3-5-16-14;;/h10,14,16H,2-9,11H2,1H3;2*1H/t14-;;/m0../s1. The van der Waals surface area contributed by atoms with Crippen molar-refractivity contribution in [3.8, 4) is 0 Å². The van der Waals surface area contributed by atoms with Gasteiger partial charge in [0.1, 0.15) is 0 Å². The lowest BCUT2D eigenvalue weighted by Gasteiger charge is -2.36. The van der Waals surface area contributed by atoms with Crippen molar-refractivity contribution in [3.05, 3.63) is 17.5 Å². The quantitative estimate of drug-likeness (QED) is 0.882. The van der Waals surface area contributed by atoms with Crippen LogP contribution in [0, 0.1) is 6.92 Å². The average molecular weight is 365 g/mol. The second-order valence-corrected chi connectivity index (χ2v) is 6.04. The van der Waals surface area contributed by atoms with Crippen molar-refractivity contribution in [1.29, 1.82) is 0 Å². The molecule has 1 aromatic heterocycles. The molecule has 3 rings (SSSR count). The van der Waals surface area contributed by atoms with Crippen LogP contribution >= 0.6 is 24.8 Å². The molecular weight excluding hydrogens is 339 g/mol. The Balaban J connectivity index is 0.00000132. The van der Waals surface area contributed by atoms with Crippen LogP contribution in [-0.2, 0) is 11.3 Å². The molecule has 1 N–H and O–H groups in total. The van der Waals surface area contributed by atoms with Gasteiger partial charge in [0, 0.05) is 32.2 Å². The van der Waals surface area contributed by atoms with E-state index in [1.165, 1.54) is 6.42 Å². The van der Waals surface area contributed by atoms with E-state index in [1.807, 2.05) is 17.9 Å². The fourth-order valence-electron chi connectivity index (χ4n) is 3.12. The van der Waals surface area contributed by atoms with Crippen molar-refractivity contribution in [2.24, 2.45) is 0 Å². The van der Waals surface area contributed by atoms with E-state index in [1.54, 1.807) is 0 Å². The van der Waals surface area contributed by atoms with E-state index in [0.717, 1.165) is 63.6 Å². The van der Waals surface area contributed by atoms with Crippen molar-refractivity contribution >= 4 is 30.7 Å². The number of halogens is 2. The highest BCUT2D eigenvalue weighted by Gasteiger charge is 2.28. The van der Waals surface area contributed by atoms with Crippen LogP contribution < -0.4 is 5.32 Å². The molecule has 0 radical (unpaired) electrons. The average Bonchev–Trinajstić information content (AvgIpc) is 2.93. The number of nitrogens with zero attached hydrogens (tertiary/aromatic N) is 3. The van der Waals surface area contributed by atoms with Gasteiger partial charge in [-0.1, -0.05) is 11.6 Å². The zero-order valence-electron chi connectivity index (χ0n) is 13.5. The summed E-state index contributed by atoms with van der Waals surface area (Å²) in [4.78, 5) is 16.8. The molecule has 2 fully saturated rings. The zero-order chi connectivity index (χ0) is 14.7. The minimum atomic E-state index is 0. The number of aryl methyl sites for hydroxylation is 1. The zero-order valence-corrected chi connectivity index (χ0v) is 15.1. The summed E-state index contributed by atoms with van der Waals surface area (Å²) < 4.78 is 5.25. The minimum absolute atomic E-state index is 0. The van der Waals surface area contributed by atoms with Gasteiger partial charge in [0.2, 0.25) is 5.91 Å². The molecule has 6 nitrogen and oxygen atoms in total. The summed E-state index contributed by atoms with van der Waals surface area (Å²) in [6.45, 7) is 7.11. The Morgan fingerprint density at radius 1 is 1.30 bits per heavy atom. The van der Waals surface area contributed by atoms with Crippen LogP contribution in [0.5, 0.6) is 0 Å². The van der Waals surface area contributed by atoms with Crippen LogP contribution in [0.3, 0.4) is 0 Å². The first-order chi connectivity index (χ1) is 10.2. The molecule has 2 saturated heterocycles. The summed E-state index contributed by atoms with van der Waals surface area (Å²) in [5, 5.41) is 7.25. The largest absolute Gasteiger partial charge is 0.360 e. The minimum Gasteiger partial charge on any atom is -0.360 e. The highest BCUT2D eigenvalue weighted by Crippen LogP contribution is 2.13. The van der Waals surface area contributed by atoms with E-state index >= 15 is 0 Å². The third-order valence-electron chi connectivity index (χ3n) is 4.35. The second kappa shape index (κ2) is 9.47. The fourth-order valence-corrected chi connectivity index (χ4v) is 3.12. The molecule has 2 aliphatic rings. The third-order valence-corrected chi connectivity index (χ3v) is 4.35. The smallest absolute Gasteiger partial charge is 0.239 e. The van der Waals surface area contributed by atoms with Crippen molar-refractivity contribution in [1.82, 2.24) is 20.3 Å². The molecule has 0 aromatic carbocycles. The molecule has 0 aliphatic carbocycles. The Kier molecular flexibility index (Phi) is 8.33. The molecule has 1 amide bonds. The number of piperidine rings is 1. The molecule has 3 heterocycles. The van der Waals surface area contributed by atoms with Crippen LogP contribution in [-0.4, -0.2) is 59.6 Å². The number of hydrogen-bond acceptors (Lipinski definition) is 5. The van der Waals surface area contributed by atoms with Crippen molar-refractivity contribution in [3.63, 3.8) is 0 Å². The molecule has 1 atom stereocenters. The lowest BCUT2D eigenvalue weighted by atomic mass is 10.0. The summed E-state index contributed by atoms with van der Waals surface area (Å²) in [6.07, 6.45) is 3.33. The van der Waals surface area contributed by atoms with Gasteiger partial charge in [-0.15, -0.1) is 24.8 Å². The van der Waals surface area contributed by atoms with E-state index < -0.39 is 0 Å². The van der Waals surface area contributed by atoms with Crippen LogP contribution in [0.25, 0.3) is 0 Å². The van der Waals surface area contributed by atoms with E-state index in [9.17, 15) is 4.79 Å². The first-order valence-electron chi connectivity index (χ1n) is 7.89. The lowest BCUT2D eigenvalue weighted by Crippen LogP contribution is -2.54. The summed E-state index contributed by atoms with van der Waals surface area (Å²) >= 11 is 0. The van der Waals surface area contributed by atoms with Gasteiger partial charge in [-0.3, -0.25) is 9.69 Å². The van der Waals surface area contributed by atoms with Gasteiger partial charge in [0.15, 0.2) is 5.76 Å². The monoisotopic (exact) mass is 364 g/mol. The number of rotatable bonds is 3. The molecule has 0 bridgehead atoms. The molecule has 0 spiro atoms. The maximum atomic E-state index is 12.4. The van der Waals surface area contributed by atoms with Crippen molar-refractivity contribution < 1.29 is 9.32 Å². The SMILES string of the molecule is Cc1cc(CN2CCN(C(=O)[C@@H]3CCCCN3)CC2)on1.Cl.Cl. The van der Waals surface area contributed by atoms with Crippen LogP contribution in [0.15, 0.2) is 10.6 Å². The topological polar surface area (TPSA) is 61.6 Å². The normalized spacial score (nSPS) is 22.1. The maximum absolute atomic E-state index is 12.4. The highest BCUT2D eigenvalue weighted by molar-refractivity contribution is 5.85. The number of nitrogens with one attached hydrogen (secondary N) is 1. The number of aromatic nitrogens is 1. The first-order valence-corrected chi connectivity index (χ1v) is 7.89. The van der Waals surface area contributed by atoms with Gasteiger partial charge in [-0.2, -0.15) is 0 Å². The van der Waals surface area contributed by atoms with Crippen molar-refractivity contribution in [2.45, 2.75) is 38.8 Å². The molecule has 0 saturated carbocycles. The Bertz CT molecular complexity index is 484. The fraction of sp³-hybridized carbons (Fsp3) is 0.733. The molecule has 132 valence electrons. The highest BCUT2D eigenvalue weighted by atomic mass is 35.5. The number of piperazine rings is 1. The molecule has 23 heavy (non-hydrogen) atoms. The Labute approximate surface area is 149 Å². The van der Waals surface area contributed by atoms with Gasteiger partial charge >= 0.3 is 0 Å². The predicted octanol–water partition coefficient (Wildman–Crippen LogP) is 1.61. The van der Waals surface area contributed by atoms with E-state index in [2.05, 4.69) is 15.4 Å². The van der Waals surface area contributed by atoms with E-state index in [0.29, 0.717) is 0 Å². The molecular formula is C15H26Cl2N4O2. The number of hydrogen-bond donors (Lipinski definition) is 1. The van der Waals surface area contributed by atoms with Gasteiger partial charge in [-0.25, -0.2) is 0 Å². The number of amides is 1. The van der Waals surface area contributed by atoms with Crippen LogP contribution in [0.2, 0.25) is 0 Å². The Morgan fingerprint density at radius 3 is 2.61 bits per heavy atom.